The van der Waals surface area contributed by atoms with Gasteiger partial charge >= 0.3 is 12.0 Å². The van der Waals surface area contributed by atoms with Gasteiger partial charge in [-0.15, -0.1) is 0 Å². The highest BCUT2D eigenvalue weighted by atomic mass is 16.4. The van der Waals surface area contributed by atoms with E-state index in [0.29, 0.717) is 26.1 Å². The lowest BCUT2D eigenvalue weighted by Gasteiger charge is -2.38. The van der Waals surface area contributed by atoms with Crippen molar-refractivity contribution >= 4 is 12.0 Å². The summed E-state index contributed by atoms with van der Waals surface area (Å²) >= 11 is 0. The molecule has 2 amide bonds. The Bertz CT molecular complexity index is 361. The Morgan fingerprint density at radius 1 is 1.26 bits per heavy atom. The summed E-state index contributed by atoms with van der Waals surface area (Å²) < 4.78 is 0. The average Bonchev–Trinajstić information content (AvgIpc) is 2.79. The summed E-state index contributed by atoms with van der Waals surface area (Å²) in [5, 5.41) is 18.6. The Labute approximate surface area is 113 Å². The third kappa shape index (κ3) is 3.18. The van der Waals surface area contributed by atoms with E-state index < -0.39 is 5.97 Å². The number of carboxylic acids is 1. The molecule has 2 aliphatic heterocycles. The van der Waals surface area contributed by atoms with Gasteiger partial charge in [-0.2, -0.15) is 0 Å². The van der Waals surface area contributed by atoms with Crippen molar-refractivity contribution in [2.45, 2.75) is 44.8 Å². The van der Waals surface area contributed by atoms with E-state index in [2.05, 4.69) is 0 Å². The fourth-order valence-electron chi connectivity index (χ4n) is 2.99. The van der Waals surface area contributed by atoms with Crippen LogP contribution in [0.4, 0.5) is 4.79 Å². The van der Waals surface area contributed by atoms with Gasteiger partial charge in [0.15, 0.2) is 0 Å². The summed E-state index contributed by atoms with van der Waals surface area (Å²) in [5.41, 5.74) is 0. The summed E-state index contributed by atoms with van der Waals surface area (Å²) in [4.78, 5) is 26.7. The van der Waals surface area contributed by atoms with Gasteiger partial charge in [-0.05, 0) is 25.2 Å². The van der Waals surface area contributed by atoms with Gasteiger partial charge in [0.2, 0.25) is 0 Å². The molecule has 3 unspecified atom stereocenters. The number of aliphatic hydroxyl groups excluding tert-OH is 1. The Hall–Kier alpha value is -1.30. The van der Waals surface area contributed by atoms with Gasteiger partial charge < -0.3 is 20.0 Å². The molecule has 2 fully saturated rings. The van der Waals surface area contributed by atoms with E-state index in [1.54, 1.807) is 9.80 Å². The number of amides is 2. The van der Waals surface area contributed by atoms with Crippen LogP contribution in [0.2, 0.25) is 0 Å². The number of aliphatic hydroxyl groups is 1. The summed E-state index contributed by atoms with van der Waals surface area (Å²) in [6.07, 6.45) is 1.93. The number of urea groups is 1. The number of piperidine rings is 1. The molecule has 0 aromatic carbocycles. The zero-order valence-corrected chi connectivity index (χ0v) is 11.3. The number of hydrogen-bond donors (Lipinski definition) is 2. The highest BCUT2D eigenvalue weighted by Crippen LogP contribution is 2.24. The second-order valence-corrected chi connectivity index (χ2v) is 5.65. The Balaban J connectivity index is 1.96. The summed E-state index contributed by atoms with van der Waals surface area (Å²) in [6.45, 7) is 3.68. The first-order valence-electron chi connectivity index (χ1n) is 6.94. The first-order chi connectivity index (χ1) is 8.99. The molecule has 6 nitrogen and oxygen atoms in total. The fourth-order valence-corrected chi connectivity index (χ4v) is 2.99. The zero-order valence-electron chi connectivity index (χ0n) is 11.3. The number of carbonyl (C=O) groups is 2. The molecular formula is C13H22N2O4. The van der Waals surface area contributed by atoms with Crippen molar-refractivity contribution < 1.29 is 19.8 Å². The molecule has 0 bridgehead atoms. The number of nitrogens with zero attached hydrogens (tertiary/aromatic N) is 2. The summed E-state index contributed by atoms with van der Waals surface area (Å²) in [5.74, 6) is -0.773. The monoisotopic (exact) mass is 270 g/mol. The molecule has 108 valence electrons. The van der Waals surface area contributed by atoms with Gasteiger partial charge in [0.1, 0.15) is 0 Å². The molecule has 2 aliphatic rings. The van der Waals surface area contributed by atoms with E-state index in [-0.39, 0.29) is 30.5 Å². The molecule has 0 radical (unpaired) electrons. The lowest BCUT2D eigenvalue weighted by Crippen LogP contribution is -2.51. The minimum Gasteiger partial charge on any atom is -0.481 e. The quantitative estimate of drug-likeness (QED) is 0.776. The lowest BCUT2D eigenvalue weighted by molar-refractivity contribution is -0.138. The van der Waals surface area contributed by atoms with Crippen molar-refractivity contribution in [3.05, 3.63) is 0 Å². The number of carbonyl (C=O) groups excluding carboxylic acids is 1. The van der Waals surface area contributed by atoms with E-state index >= 15 is 0 Å². The van der Waals surface area contributed by atoms with Gasteiger partial charge in [0.25, 0.3) is 0 Å². The normalized spacial score (nSPS) is 31.6. The van der Waals surface area contributed by atoms with Crippen molar-refractivity contribution in [3.63, 3.8) is 0 Å². The van der Waals surface area contributed by atoms with Gasteiger partial charge in [0, 0.05) is 25.7 Å². The van der Waals surface area contributed by atoms with Crippen LogP contribution in [0.1, 0.15) is 32.6 Å². The van der Waals surface area contributed by atoms with Crippen molar-refractivity contribution in [1.82, 2.24) is 9.80 Å². The number of hydrogen-bond acceptors (Lipinski definition) is 3. The molecule has 2 rings (SSSR count). The molecule has 0 aromatic heterocycles. The van der Waals surface area contributed by atoms with Gasteiger partial charge in [0.05, 0.1) is 12.5 Å². The van der Waals surface area contributed by atoms with Crippen LogP contribution in [0.25, 0.3) is 0 Å². The first kappa shape index (κ1) is 14.1. The summed E-state index contributed by atoms with van der Waals surface area (Å²) in [7, 11) is 0. The molecule has 0 aliphatic carbocycles. The minimum atomic E-state index is -0.855. The standard InChI is InChI=1S/C13H22N2O4/c1-9-8-14(6-4-11(9)16)13(19)15-5-2-3-10(15)7-12(17)18/h9-11,16H,2-8H2,1H3,(H,17,18). The van der Waals surface area contributed by atoms with E-state index in [4.69, 9.17) is 5.11 Å². The predicted molar refractivity (Wildman–Crippen MR) is 68.7 cm³/mol. The zero-order chi connectivity index (χ0) is 14.0. The van der Waals surface area contributed by atoms with Gasteiger partial charge in [-0.1, -0.05) is 6.92 Å². The largest absolute Gasteiger partial charge is 0.481 e. The number of carboxylic acid groups (broad SMARTS) is 1. The van der Waals surface area contributed by atoms with Crippen molar-refractivity contribution in [1.29, 1.82) is 0 Å². The lowest BCUT2D eigenvalue weighted by atomic mass is 9.97. The highest BCUT2D eigenvalue weighted by Gasteiger charge is 2.35. The Morgan fingerprint density at radius 2 is 2.00 bits per heavy atom. The predicted octanol–water partition coefficient (Wildman–Crippen LogP) is 0.748. The molecule has 0 spiro atoms. The molecule has 2 N–H and O–H groups in total. The SMILES string of the molecule is CC1CN(C(=O)N2CCCC2CC(=O)O)CCC1O. The number of rotatable bonds is 2. The van der Waals surface area contributed by atoms with E-state index in [9.17, 15) is 14.7 Å². The number of aliphatic carboxylic acids is 1. The van der Waals surface area contributed by atoms with Crippen LogP contribution in [0.3, 0.4) is 0 Å². The third-order valence-electron chi connectivity index (χ3n) is 4.16. The molecule has 19 heavy (non-hydrogen) atoms. The maximum atomic E-state index is 12.4. The van der Waals surface area contributed by atoms with Crippen molar-refractivity contribution in [2.24, 2.45) is 5.92 Å². The fraction of sp³-hybridized carbons (Fsp3) is 0.846. The maximum Gasteiger partial charge on any atom is 0.320 e. The van der Waals surface area contributed by atoms with Crippen LogP contribution < -0.4 is 0 Å². The average molecular weight is 270 g/mol. The molecule has 2 saturated heterocycles. The third-order valence-corrected chi connectivity index (χ3v) is 4.16. The first-order valence-corrected chi connectivity index (χ1v) is 6.94. The van der Waals surface area contributed by atoms with Crippen LogP contribution in [-0.2, 0) is 4.79 Å². The highest BCUT2D eigenvalue weighted by molar-refractivity contribution is 5.76. The van der Waals surface area contributed by atoms with Crippen LogP contribution in [-0.4, -0.2) is 63.8 Å². The maximum absolute atomic E-state index is 12.4. The van der Waals surface area contributed by atoms with E-state index in [1.807, 2.05) is 6.92 Å². The second kappa shape index (κ2) is 5.77. The smallest absolute Gasteiger partial charge is 0.320 e. The minimum absolute atomic E-state index is 0.0256. The molecule has 0 saturated carbocycles. The van der Waals surface area contributed by atoms with Crippen LogP contribution in [0.5, 0.6) is 0 Å². The Morgan fingerprint density at radius 3 is 2.63 bits per heavy atom. The number of likely N-dealkylation sites (tertiary alicyclic amines) is 2. The molecule has 0 aromatic rings. The van der Waals surface area contributed by atoms with Crippen molar-refractivity contribution in [2.75, 3.05) is 19.6 Å². The van der Waals surface area contributed by atoms with Crippen LogP contribution >= 0.6 is 0 Å². The van der Waals surface area contributed by atoms with E-state index in [0.717, 1.165) is 12.8 Å². The molecule has 2 heterocycles. The Kier molecular flexibility index (Phi) is 4.29. The van der Waals surface area contributed by atoms with E-state index in [1.165, 1.54) is 0 Å². The summed E-state index contributed by atoms with van der Waals surface area (Å²) in [6, 6.07) is -0.241. The second-order valence-electron chi connectivity index (χ2n) is 5.65. The van der Waals surface area contributed by atoms with Gasteiger partial charge in [-0.3, -0.25) is 4.79 Å². The van der Waals surface area contributed by atoms with Crippen molar-refractivity contribution in [3.8, 4) is 0 Å². The van der Waals surface area contributed by atoms with Crippen LogP contribution in [0.15, 0.2) is 0 Å². The molecule has 6 heteroatoms. The van der Waals surface area contributed by atoms with Gasteiger partial charge in [-0.25, -0.2) is 4.79 Å². The molecular weight excluding hydrogens is 248 g/mol. The van der Waals surface area contributed by atoms with Crippen LogP contribution in [0, 0.1) is 5.92 Å². The topological polar surface area (TPSA) is 81.1 Å². The molecule has 3 atom stereocenters.